The first-order valence-electron chi connectivity index (χ1n) is 6.84. The highest BCUT2D eigenvalue weighted by Crippen LogP contribution is 2.55. The van der Waals surface area contributed by atoms with E-state index in [1.807, 2.05) is 0 Å². The van der Waals surface area contributed by atoms with E-state index >= 15 is 0 Å². The molecule has 0 aliphatic carbocycles. The summed E-state index contributed by atoms with van der Waals surface area (Å²) < 4.78 is 171. The monoisotopic (exact) mass is 499 g/mol. The van der Waals surface area contributed by atoms with Crippen molar-refractivity contribution in [2.24, 2.45) is 5.73 Å². The Balaban J connectivity index is 5.88. The molecule has 0 radical (unpaired) electrons. The van der Waals surface area contributed by atoms with Gasteiger partial charge in [-0.25, -0.2) is 8.42 Å². The van der Waals surface area contributed by atoms with Crippen LogP contribution in [0.5, 0.6) is 0 Å². The quantitative estimate of drug-likeness (QED) is 0.384. The van der Waals surface area contributed by atoms with Crippen molar-refractivity contribution in [3.63, 3.8) is 0 Å². The SMILES string of the molecule is NC(=O)C(Cl)(CCC(F)(F)C(F)(F)C(F)(F)C(F)(F)F)S(=O)(=O)CCC(F)(F)F. The van der Waals surface area contributed by atoms with Crippen LogP contribution in [-0.2, 0) is 14.6 Å². The van der Waals surface area contributed by atoms with E-state index in [9.17, 15) is 65.9 Å². The van der Waals surface area contributed by atoms with E-state index in [1.165, 1.54) is 0 Å². The molecule has 1 amide bonds. The van der Waals surface area contributed by atoms with E-state index in [0.717, 1.165) is 0 Å². The summed E-state index contributed by atoms with van der Waals surface area (Å²) in [5, 5.41) is 0. The van der Waals surface area contributed by atoms with Gasteiger partial charge in [-0.2, -0.15) is 52.7 Å². The van der Waals surface area contributed by atoms with Crippen molar-refractivity contribution in [3.05, 3.63) is 0 Å². The second kappa shape index (κ2) is 7.85. The van der Waals surface area contributed by atoms with Crippen LogP contribution in [0.2, 0.25) is 0 Å². The zero-order valence-corrected chi connectivity index (χ0v) is 15.0. The normalized spacial score (nSPS) is 17.1. The molecule has 2 N–H and O–H groups in total. The third-order valence-corrected chi connectivity index (χ3v) is 6.70. The predicted molar refractivity (Wildman–Crippen MR) is 72.4 cm³/mol. The fourth-order valence-corrected chi connectivity index (χ4v) is 3.60. The maximum atomic E-state index is 13.5. The van der Waals surface area contributed by atoms with Gasteiger partial charge in [0.2, 0.25) is 4.21 Å². The fraction of sp³-hybridized carbons (Fsp3) is 0.909. The molecule has 1 atom stereocenters. The topological polar surface area (TPSA) is 77.2 Å². The summed E-state index contributed by atoms with van der Waals surface area (Å²) in [6.07, 6.45) is -19.7. The van der Waals surface area contributed by atoms with Crippen LogP contribution in [-0.4, -0.2) is 54.4 Å². The summed E-state index contributed by atoms with van der Waals surface area (Å²) in [5.74, 6) is -25.1. The molecule has 0 aliphatic heterocycles. The van der Waals surface area contributed by atoms with Gasteiger partial charge in [-0.15, -0.1) is 0 Å². The van der Waals surface area contributed by atoms with Gasteiger partial charge >= 0.3 is 30.1 Å². The number of alkyl halides is 13. The lowest BCUT2D eigenvalue weighted by molar-refractivity contribution is -0.396. The van der Waals surface area contributed by atoms with Gasteiger partial charge in [0.05, 0.1) is 12.2 Å². The Morgan fingerprint density at radius 3 is 1.48 bits per heavy atom. The molecule has 1 unspecified atom stereocenters. The molecule has 29 heavy (non-hydrogen) atoms. The number of carbonyl (C=O) groups excluding carboxylic acids is 1. The number of hydrogen-bond donors (Lipinski definition) is 1. The molecule has 0 aromatic rings. The first kappa shape index (κ1) is 27.9. The molecule has 0 fully saturated rings. The summed E-state index contributed by atoms with van der Waals surface area (Å²) in [6, 6.07) is 0. The largest absolute Gasteiger partial charge is 0.460 e. The van der Waals surface area contributed by atoms with E-state index < -0.39 is 75.1 Å². The number of amides is 1. The lowest BCUT2D eigenvalue weighted by Gasteiger charge is -2.34. The number of primary amides is 1. The lowest BCUT2D eigenvalue weighted by atomic mass is 9.98. The third-order valence-electron chi connectivity index (χ3n) is 3.49. The van der Waals surface area contributed by atoms with Crippen LogP contribution in [0.25, 0.3) is 0 Å². The number of rotatable bonds is 9. The molecule has 0 aliphatic rings. The maximum Gasteiger partial charge on any atom is 0.460 e. The van der Waals surface area contributed by atoms with Crippen LogP contribution in [0.1, 0.15) is 19.3 Å². The van der Waals surface area contributed by atoms with E-state index in [4.69, 9.17) is 11.6 Å². The number of carbonyl (C=O) groups is 1. The highest BCUT2D eigenvalue weighted by atomic mass is 35.5. The molecule has 0 heterocycles. The van der Waals surface area contributed by atoms with E-state index in [1.54, 1.807) is 0 Å². The number of sulfone groups is 1. The highest BCUT2D eigenvalue weighted by Gasteiger charge is 2.81. The van der Waals surface area contributed by atoms with Crippen molar-refractivity contribution in [1.29, 1.82) is 0 Å². The summed E-state index contributed by atoms with van der Waals surface area (Å²) in [6.45, 7) is 0. The van der Waals surface area contributed by atoms with Crippen LogP contribution in [0.3, 0.4) is 0 Å². The van der Waals surface area contributed by atoms with Crippen LogP contribution in [0.15, 0.2) is 0 Å². The second-order valence-corrected chi connectivity index (χ2v) is 8.83. The Hall–Kier alpha value is -1.13. The van der Waals surface area contributed by atoms with Gasteiger partial charge in [0.25, 0.3) is 5.91 Å². The van der Waals surface area contributed by atoms with Crippen molar-refractivity contribution >= 4 is 27.3 Å². The molecule has 174 valence electrons. The molecule has 0 aromatic carbocycles. The summed E-state index contributed by atoms with van der Waals surface area (Å²) in [7, 11) is -5.60. The average molecular weight is 500 g/mol. The Morgan fingerprint density at radius 1 is 0.759 bits per heavy atom. The second-order valence-electron chi connectivity index (χ2n) is 5.63. The van der Waals surface area contributed by atoms with Crippen molar-refractivity contribution in [1.82, 2.24) is 0 Å². The van der Waals surface area contributed by atoms with Crippen molar-refractivity contribution in [3.8, 4) is 0 Å². The Bertz CT molecular complexity index is 718. The number of nitrogens with two attached hydrogens (primary N) is 1. The maximum absolute atomic E-state index is 13.5. The van der Waals surface area contributed by atoms with E-state index in [0.29, 0.717) is 0 Å². The molecule has 0 rings (SSSR count). The molecule has 0 saturated carbocycles. The molecular formula is C11H10ClF12NO3S. The van der Waals surface area contributed by atoms with Gasteiger partial charge in [0.15, 0.2) is 9.84 Å². The minimum atomic E-state index is -7.29. The number of hydrogen-bond acceptors (Lipinski definition) is 3. The van der Waals surface area contributed by atoms with Crippen LogP contribution < -0.4 is 5.73 Å². The molecule has 18 heteroatoms. The summed E-state index contributed by atoms with van der Waals surface area (Å²) in [4.78, 5) is 11.2. The molecule has 4 nitrogen and oxygen atoms in total. The minimum Gasteiger partial charge on any atom is -0.367 e. The predicted octanol–water partition coefficient (Wildman–Crippen LogP) is 4.02. The van der Waals surface area contributed by atoms with Gasteiger partial charge in [-0.1, -0.05) is 11.6 Å². The third kappa shape index (κ3) is 5.52. The van der Waals surface area contributed by atoms with E-state index in [-0.39, 0.29) is 0 Å². The first-order chi connectivity index (χ1) is 12.4. The van der Waals surface area contributed by atoms with Gasteiger partial charge in [0.1, 0.15) is 0 Å². The van der Waals surface area contributed by atoms with Gasteiger partial charge in [-0.05, 0) is 6.42 Å². The Kier molecular flexibility index (Phi) is 7.54. The van der Waals surface area contributed by atoms with Crippen molar-refractivity contribution < 1.29 is 65.9 Å². The van der Waals surface area contributed by atoms with Crippen LogP contribution in [0.4, 0.5) is 52.7 Å². The molecule has 0 saturated heterocycles. The zero-order valence-electron chi connectivity index (χ0n) is 13.5. The average Bonchev–Trinajstić information content (AvgIpc) is 2.48. The zero-order chi connectivity index (χ0) is 23.9. The van der Waals surface area contributed by atoms with Crippen LogP contribution in [0, 0.1) is 0 Å². The highest BCUT2D eigenvalue weighted by molar-refractivity contribution is 7.95. The van der Waals surface area contributed by atoms with Gasteiger partial charge in [-0.3, -0.25) is 4.79 Å². The Morgan fingerprint density at radius 2 is 1.17 bits per heavy atom. The fourth-order valence-electron chi connectivity index (χ4n) is 1.73. The molecule has 0 bridgehead atoms. The number of halogens is 13. The summed E-state index contributed by atoms with van der Waals surface area (Å²) >= 11 is 5.14. The minimum absolute atomic E-state index is 2.04. The smallest absolute Gasteiger partial charge is 0.367 e. The first-order valence-corrected chi connectivity index (χ1v) is 8.87. The lowest BCUT2D eigenvalue weighted by Crippen LogP contribution is -2.61. The van der Waals surface area contributed by atoms with Crippen molar-refractivity contribution in [2.45, 2.75) is 53.6 Å². The van der Waals surface area contributed by atoms with Crippen LogP contribution >= 0.6 is 11.6 Å². The molecule has 0 aromatic heterocycles. The standard InChI is InChI=1S/C11H10ClF12NO3S/c12-6(5(25)26,29(27,28)4-3-8(15,16)17)1-2-7(13,14)9(18,19)10(20,21)11(22,23)24/h1-4H2,(H2,25,26). The van der Waals surface area contributed by atoms with Gasteiger partial charge in [0, 0.05) is 6.42 Å². The van der Waals surface area contributed by atoms with Gasteiger partial charge < -0.3 is 5.73 Å². The van der Waals surface area contributed by atoms with Crippen molar-refractivity contribution in [2.75, 3.05) is 5.75 Å². The Labute approximate surface area is 159 Å². The molecule has 0 spiro atoms. The summed E-state index contributed by atoms with van der Waals surface area (Å²) in [5.41, 5.74) is 4.50. The van der Waals surface area contributed by atoms with E-state index in [2.05, 4.69) is 5.73 Å². The molecular weight excluding hydrogens is 490 g/mol.